The molecule has 0 saturated carbocycles. The number of nitrogens with zero attached hydrogens (tertiary/aromatic N) is 2. The number of anilines is 2. The zero-order valence-corrected chi connectivity index (χ0v) is 11.4. The summed E-state index contributed by atoms with van der Waals surface area (Å²) in [6, 6.07) is 6.64. The Hall–Kier alpha value is -0.930. The lowest BCUT2D eigenvalue weighted by Crippen LogP contribution is -2.36. The van der Waals surface area contributed by atoms with E-state index in [0.717, 1.165) is 24.5 Å². The zero-order chi connectivity index (χ0) is 12.5. The van der Waals surface area contributed by atoms with E-state index < -0.39 is 0 Å². The maximum atomic E-state index is 6.12. The second-order valence-corrected chi connectivity index (χ2v) is 5.71. The Labute approximate surface area is 114 Å². The van der Waals surface area contributed by atoms with Gasteiger partial charge in [0.05, 0.1) is 16.4 Å². The molecule has 0 aliphatic carbocycles. The summed E-state index contributed by atoms with van der Waals surface area (Å²) in [5.41, 5.74) is 7.95. The van der Waals surface area contributed by atoms with Crippen LogP contribution in [0.4, 0.5) is 11.4 Å². The summed E-state index contributed by atoms with van der Waals surface area (Å²) < 4.78 is 0. The molecule has 0 radical (unpaired) electrons. The Bertz CT molecular complexity index is 435. The largest absolute Gasteiger partial charge is 0.396 e. The van der Waals surface area contributed by atoms with Crippen LogP contribution in [0.15, 0.2) is 18.2 Å². The topological polar surface area (TPSA) is 32.5 Å². The molecule has 3 rings (SSSR count). The molecular weight excluding hydrogens is 246 g/mol. The second kappa shape index (κ2) is 4.98. The number of halogens is 1. The lowest BCUT2D eigenvalue weighted by Gasteiger charge is -2.28. The molecular formula is C14H20ClN3. The Kier molecular flexibility index (Phi) is 3.35. The zero-order valence-electron chi connectivity index (χ0n) is 10.6. The van der Waals surface area contributed by atoms with Crippen LogP contribution in [0.5, 0.6) is 0 Å². The second-order valence-electron chi connectivity index (χ2n) is 5.30. The summed E-state index contributed by atoms with van der Waals surface area (Å²) in [5.74, 6) is 0. The van der Waals surface area contributed by atoms with Gasteiger partial charge in [0.1, 0.15) is 0 Å². The predicted octanol–water partition coefficient (Wildman–Crippen LogP) is 2.60. The van der Waals surface area contributed by atoms with Crippen LogP contribution in [0.25, 0.3) is 0 Å². The summed E-state index contributed by atoms with van der Waals surface area (Å²) >= 11 is 6.12. The van der Waals surface area contributed by atoms with Crippen LogP contribution in [0, 0.1) is 0 Å². The van der Waals surface area contributed by atoms with Gasteiger partial charge in [-0.25, -0.2) is 0 Å². The molecule has 2 aliphatic rings. The van der Waals surface area contributed by atoms with Gasteiger partial charge in [-0.2, -0.15) is 0 Å². The summed E-state index contributed by atoms with van der Waals surface area (Å²) in [5, 5.41) is 0.667. The Morgan fingerprint density at radius 3 is 2.89 bits per heavy atom. The number of para-hydroxylation sites is 1. The van der Waals surface area contributed by atoms with E-state index in [2.05, 4.69) is 15.9 Å². The summed E-state index contributed by atoms with van der Waals surface area (Å²) in [4.78, 5) is 5.04. The van der Waals surface area contributed by atoms with Crippen molar-refractivity contribution < 1.29 is 0 Å². The van der Waals surface area contributed by atoms with Gasteiger partial charge in [-0.3, -0.25) is 4.90 Å². The van der Waals surface area contributed by atoms with Crippen molar-refractivity contribution in [3.63, 3.8) is 0 Å². The Balaban J connectivity index is 1.85. The third-order valence-corrected chi connectivity index (χ3v) is 4.50. The fourth-order valence-electron chi connectivity index (χ4n) is 3.23. The molecule has 1 aromatic rings. The lowest BCUT2D eigenvalue weighted by atomic mass is 10.2. The van der Waals surface area contributed by atoms with E-state index in [9.17, 15) is 0 Å². The average molecular weight is 266 g/mol. The number of hydrogen-bond donors (Lipinski definition) is 1. The van der Waals surface area contributed by atoms with Crippen LogP contribution in [0.3, 0.4) is 0 Å². The molecule has 4 heteroatoms. The first-order valence-electron chi connectivity index (χ1n) is 6.78. The molecule has 18 heavy (non-hydrogen) atoms. The van der Waals surface area contributed by atoms with Gasteiger partial charge in [0.25, 0.3) is 0 Å². The van der Waals surface area contributed by atoms with Crippen LogP contribution in [0.2, 0.25) is 5.02 Å². The van der Waals surface area contributed by atoms with Gasteiger partial charge >= 0.3 is 0 Å². The first-order valence-corrected chi connectivity index (χ1v) is 7.16. The molecule has 2 N–H and O–H groups in total. The molecule has 1 atom stereocenters. The minimum Gasteiger partial charge on any atom is -0.396 e. The van der Waals surface area contributed by atoms with E-state index in [1.54, 1.807) is 0 Å². The van der Waals surface area contributed by atoms with Gasteiger partial charge in [-0.15, -0.1) is 0 Å². The third-order valence-electron chi connectivity index (χ3n) is 4.17. The Morgan fingerprint density at radius 2 is 2.00 bits per heavy atom. The third kappa shape index (κ3) is 2.17. The molecule has 2 saturated heterocycles. The number of rotatable bonds is 1. The molecule has 2 fully saturated rings. The van der Waals surface area contributed by atoms with Crippen molar-refractivity contribution in [3.8, 4) is 0 Å². The number of hydrogen-bond acceptors (Lipinski definition) is 3. The molecule has 2 heterocycles. The van der Waals surface area contributed by atoms with E-state index in [0.29, 0.717) is 11.1 Å². The summed E-state index contributed by atoms with van der Waals surface area (Å²) in [7, 11) is 0. The molecule has 0 spiro atoms. The standard InChI is InChI=1S/C14H20ClN3/c15-12-5-1-6-13(14(12)16)18-9-3-8-17-7-2-4-11(17)10-18/h1,5-6,11H,2-4,7-10,16H2. The van der Waals surface area contributed by atoms with Crippen LogP contribution in [-0.2, 0) is 0 Å². The molecule has 2 aliphatic heterocycles. The molecule has 0 bridgehead atoms. The fraction of sp³-hybridized carbons (Fsp3) is 0.571. The van der Waals surface area contributed by atoms with Crippen LogP contribution in [0.1, 0.15) is 19.3 Å². The highest BCUT2D eigenvalue weighted by Gasteiger charge is 2.29. The maximum absolute atomic E-state index is 6.12. The molecule has 3 nitrogen and oxygen atoms in total. The van der Waals surface area contributed by atoms with Crippen molar-refractivity contribution in [2.24, 2.45) is 0 Å². The smallest absolute Gasteiger partial charge is 0.0741 e. The number of fused-ring (bicyclic) bond motifs is 1. The van der Waals surface area contributed by atoms with E-state index in [1.807, 2.05) is 12.1 Å². The van der Waals surface area contributed by atoms with E-state index in [4.69, 9.17) is 17.3 Å². The molecule has 1 unspecified atom stereocenters. The van der Waals surface area contributed by atoms with Crippen molar-refractivity contribution in [2.75, 3.05) is 36.8 Å². The Morgan fingerprint density at radius 1 is 1.17 bits per heavy atom. The first kappa shape index (κ1) is 12.1. The normalized spacial score (nSPS) is 24.9. The number of nitrogen functional groups attached to an aromatic ring is 1. The average Bonchev–Trinajstić information content (AvgIpc) is 2.70. The van der Waals surface area contributed by atoms with E-state index in [-0.39, 0.29) is 0 Å². The van der Waals surface area contributed by atoms with Gasteiger partial charge in [-0.05, 0) is 37.9 Å². The van der Waals surface area contributed by atoms with Gasteiger partial charge in [0, 0.05) is 25.7 Å². The van der Waals surface area contributed by atoms with Gasteiger partial charge in [-0.1, -0.05) is 17.7 Å². The summed E-state index contributed by atoms with van der Waals surface area (Å²) in [6.07, 6.45) is 3.86. The quantitative estimate of drug-likeness (QED) is 0.793. The van der Waals surface area contributed by atoms with Gasteiger partial charge in [0.2, 0.25) is 0 Å². The van der Waals surface area contributed by atoms with Gasteiger partial charge in [0.15, 0.2) is 0 Å². The highest BCUT2D eigenvalue weighted by atomic mass is 35.5. The molecule has 1 aromatic carbocycles. The van der Waals surface area contributed by atoms with Crippen molar-refractivity contribution in [1.29, 1.82) is 0 Å². The summed E-state index contributed by atoms with van der Waals surface area (Å²) in [6.45, 7) is 4.66. The highest BCUT2D eigenvalue weighted by molar-refractivity contribution is 6.33. The van der Waals surface area contributed by atoms with Crippen molar-refractivity contribution in [2.45, 2.75) is 25.3 Å². The SMILES string of the molecule is Nc1c(Cl)cccc1N1CCCN2CCCC2C1. The minimum absolute atomic E-state index is 0.667. The van der Waals surface area contributed by atoms with Crippen LogP contribution >= 0.6 is 11.6 Å². The molecule has 0 aromatic heterocycles. The van der Waals surface area contributed by atoms with Crippen molar-refractivity contribution in [1.82, 2.24) is 4.90 Å². The van der Waals surface area contributed by atoms with E-state index >= 15 is 0 Å². The van der Waals surface area contributed by atoms with Crippen molar-refractivity contribution in [3.05, 3.63) is 23.2 Å². The predicted molar refractivity (Wildman–Crippen MR) is 77.3 cm³/mol. The minimum atomic E-state index is 0.667. The maximum Gasteiger partial charge on any atom is 0.0741 e. The van der Waals surface area contributed by atoms with Crippen LogP contribution in [-0.4, -0.2) is 37.1 Å². The molecule has 0 amide bonds. The van der Waals surface area contributed by atoms with Crippen LogP contribution < -0.4 is 10.6 Å². The lowest BCUT2D eigenvalue weighted by molar-refractivity contribution is 0.273. The highest BCUT2D eigenvalue weighted by Crippen LogP contribution is 2.32. The monoisotopic (exact) mass is 265 g/mol. The van der Waals surface area contributed by atoms with E-state index in [1.165, 1.54) is 32.4 Å². The molecule has 98 valence electrons. The number of benzene rings is 1. The van der Waals surface area contributed by atoms with Crippen molar-refractivity contribution >= 4 is 23.0 Å². The first-order chi connectivity index (χ1) is 8.75. The number of nitrogens with two attached hydrogens (primary N) is 1. The van der Waals surface area contributed by atoms with Gasteiger partial charge < -0.3 is 10.6 Å². The fourth-order valence-corrected chi connectivity index (χ4v) is 3.40.